The topological polar surface area (TPSA) is 52.6 Å². The molecule has 0 saturated carbocycles. The average molecular weight is 405 g/mol. The highest BCUT2D eigenvalue weighted by atomic mass is 32.2. The van der Waals surface area contributed by atoms with Gasteiger partial charge in [0.1, 0.15) is 8.07 Å². The molecule has 0 spiro atoms. The van der Waals surface area contributed by atoms with Crippen LogP contribution in [0.1, 0.15) is 25.0 Å². The SMILES string of the molecule is C[C@H]1[C@@H](c2ccccc2)O[C@@H]([Si](C)(C)c2ccccc2)C[C@H]1OS(C)(=O)=O. The molecule has 2 aromatic carbocycles. The predicted molar refractivity (Wildman–Crippen MR) is 111 cm³/mol. The van der Waals surface area contributed by atoms with Gasteiger partial charge in [-0.3, -0.25) is 4.18 Å². The Labute approximate surface area is 163 Å². The summed E-state index contributed by atoms with van der Waals surface area (Å²) < 4.78 is 35.9. The Morgan fingerprint density at radius 3 is 2.11 bits per heavy atom. The molecule has 0 amide bonds. The number of ether oxygens (including phenoxy) is 1. The van der Waals surface area contributed by atoms with E-state index in [1.807, 2.05) is 43.3 Å². The first kappa shape index (κ1) is 20.3. The van der Waals surface area contributed by atoms with Gasteiger partial charge in [-0.15, -0.1) is 0 Å². The van der Waals surface area contributed by atoms with Crippen LogP contribution in [-0.4, -0.2) is 34.6 Å². The maximum Gasteiger partial charge on any atom is 0.264 e. The third kappa shape index (κ3) is 4.69. The van der Waals surface area contributed by atoms with E-state index < -0.39 is 18.2 Å². The average Bonchev–Trinajstić information content (AvgIpc) is 2.63. The third-order valence-electron chi connectivity index (χ3n) is 5.57. The lowest BCUT2D eigenvalue weighted by molar-refractivity contribution is -0.0978. The Hall–Kier alpha value is -1.47. The largest absolute Gasteiger partial charge is 0.373 e. The molecular weight excluding hydrogens is 376 g/mol. The third-order valence-corrected chi connectivity index (χ3v) is 9.97. The van der Waals surface area contributed by atoms with Crippen LogP contribution in [0, 0.1) is 5.92 Å². The van der Waals surface area contributed by atoms with Crippen molar-refractivity contribution < 1.29 is 17.3 Å². The van der Waals surface area contributed by atoms with Crippen molar-refractivity contribution in [1.82, 2.24) is 0 Å². The van der Waals surface area contributed by atoms with Crippen molar-refractivity contribution in [3.63, 3.8) is 0 Å². The maximum absolute atomic E-state index is 11.9. The smallest absolute Gasteiger partial charge is 0.264 e. The van der Waals surface area contributed by atoms with Crippen LogP contribution in [0.3, 0.4) is 0 Å². The van der Waals surface area contributed by atoms with Gasteiger partial charge in [-0.25, -0.2) is 0 Å². The summed E-state index contributed by atoms with van der Waals surface area (Å²) in [6.45, 7) is 6.58. The first-order valence-electron chi connectivity index (χ1n) is 9.32. The number of rotatable bonds is 5. The van der Waals surface area contributed by atoms with Gasteiger partial charge >= 0.3 is 0 Å². The monoisotopic (exact) mass is 404 g/mol. The normalized spacial score (nSPS) is 26.7. The fourth-order valence-corrected chi connectivity index (χ4v) is 7.31. The second kappa shape index (κ2) is 7.87. The van der Waals surface area contributed by atoms with E-state index in [2.05, 4.69) is 37.4 Å². The standard InChI is InChI=1S/C21H28O4SSi/c1-16-19(25-26(2,22)23)15-20(24-21(16)17-11-7-5-8-12-17)27(3,4)18-13-9-6-10-14-18/h5-14,16,19-21H,15H2,1-4H3/t16-,19-,20+,21+/m1/s1. The molecule has 1 heterocycles. The lowest BCUT2D eigenvalue weighted by Crippen LogP contribution is -2.58. The number of benzene rings is 2. The summed E-state index contributed by atoms with van der Waals surface area (Å²) in [5, 5.41) is 1.30. The van der Waals surface area contributed by atoms with Crippen molar-refractivity contribution in [2.75, 3.05) is 6.26 Å². The van der Waals surface area contributed by atoms with Crippen LogP contribution in [0.4, 0.5) is 0 Å². The molecule has 4 atom stereocenters. The highest BCUT2D eigenvalue weighted by Crippen LogP contribution is 2.40. The second-order valence-electron chi connectivity index (χ2n) is 7.98. The summed E-state index contributed by atoms with van der Waals surface area (Å²) in [4.78, 5) is 0. The van der Waals surface area contributed by atoms with Crippen molar-refractivity contribution in [3.8, 4) is 0 Å². The molecule has 4 nitrogen and oxygen atoms in total. The molecule has 27 heavy (non-hydrogen) atoms. The van der Waals surface area contributed by atoms with Crippen molar-refractivity contribution in [3.05, 3.63) is 66.2 Å². The minimum Gasteiger partial charge on any atom is -0.373 e. The zero-order valence-electron chi connectivity index (χ0n) is 16.3. The highest BCUT2D eigenvalue weighted by molar-refractivity contribution is 7.86. The highest BCUT2D eigenvalue weighted by Gasteiger charge is 2.46. The molecule has 0 bridgehead atoms. The Bertz CT molecular complexity index is 852. The van der Waals surface area contributed by atoms with Crippen LogP contribution in [0.15, 0.2) is 60.7 Å². The van der Waals surface area contributed by atoms with Gasteiger partial charge in [0.25, 0.3) is 10.1 Å². The molecular formula is C21H28O4SSi. The van der Waals surface area contributed by atoms with E-state index in [9.17, 15) is 8.42 Å². The lowest BCUT2D eigenvalue weighted by Gasteiger charge is -2.45. The lowest BCUT2D eigenvalue weighted by atomic mass is 9.89. The van der Waals surface area contributed by atoms with Crippen molar-refractivity contribution in [2.24, 2.45) is 5.92 Å². The van der Waals surface area contributed by atoms with Crippen molar-refractivity contribution in [2.45, 2.75) is 44.4 Å². The van der Waals surface area contributed by atoms with Gasteiger partial charge in [0.15, 0.2) is 0 Å². The summed E-state index contributed by atoms with van der Waals surface area (Å²) in [5.41, 5.74) is 1.03. The van der Waals surface area contributed by atoms with Gasteiger partial charge in [-0.05, 0) is 12.0 Å². The van der Waals surface area contributed by atoms with E-state index in [1.54, 1.807) is 0 Å². The zero-order chi connectivity index (χ0) is 19.7. The second-order valence-corrected chi connectivity index (χ2v) is 14.2. The molecule has 0 aliphatic carbocycles. The molecule has 3 rings (SSSR count). The van der Waals surface area contributed by atoms with Crippen LogP contribution < -0.4 is 5.19 Å². The summed E-state index contributed by atoms with van der Waals surface area (Å²) >= 11 is 0. The van der Waals surface area contributed by atoms with Crippen LogP contribution in [-0.2, 0) is 19.0 Å². The molecule has 2 aromatic rings. The van der Waals surface area contributed by atoms with Crippen LogP contribution in [0.5, 0.6) is 0 Å². The molecule has 1 aliphatic heterocycles. The van der Waals surface area contributed by atoms with E-state index in [0.717, 1.165) is 11.8 Å². The zero-order valence-corrected chi connectivity index (χ0v) is 18.1. The molecule has 1 fully saturated rings. The molecule has 0 N–H and O–H groups in total. The van der Waals surface area contributed by atoms with Crippen molar-refractivity contribution >= 4 is 23.4 Å². The summed E-state index contributed by atoms with van der Waals surface area (Å²) in [7, 11) is -5.53. The fraction of sp³-hybridized carbons (Fsp3) is 0.429. The molecule has 6 heteroatoms. The molecule has 146 valence electrons. The fourth-order valence-electron chi connectivity index (χ4n) is 3.87. The van der Waals surface area contributed by atoms with E-state index in [-0.39, 0.29) is 23.9 Å². The Balaban J connectivity index is 1.97. The van der Waals surface area contributed by atoms with Gasteiger partial charge < -0.3 is 4.74 Å². The Morgan fingerprint density at radius 1 is 1.00 bits per heavy atom. The summed E-state index contributed by atoms with van der Waals surface area (Å²) in [6.07, 6.45) is 1.14. The van der Waals surface area contributed by atoms with Crippen LogP contribution in [0.25, 0.3) is 0 Å². The van der Waals surface area contributed by atoms with Gasteiger partial charge in [0.2, 0.25) is 0 Å². The molecule has 1 aliphatic rings. The van der Waals surface area contributed by atoms with E-state index in [4.69, 9.17) is 8.92 Å². The van der Waals surface area contributed by atoms with Crippen molar-refractivity contribution in [1.29, 1.82) is 0 Å². The van der Waals surface area contributed by atoms with Gasteiger partial charge in [-0.1, -0.05) is 85.9 Å². The predicted octanol–water partition coefficient (Wildman–Crippen LogP) is 3.65. The Kier molecular flexibility index (Phi) is 5.91. The number of hydrogen-bond acceptors (Lipinski definition) is 4. The van der Waals surface area contributed by atoms with E-state index in [0.29, 0.717) is 6.42 Å². The van der Waals surface area contributed by atoms with Gasteiger partial charge in [-0.2, -0.15) is 8.42 Å². The van der Waals surface area contributed by atoms with E-state index in [1.165, 1.54) is 5.19 Å². The summed E-state index contributed by atoms with van der Waals surface area (Å²) in [5.74, 6) is -0.0565. The first-order valence-corrected chi connectivity index (χ1v) is 14.2. The first-order chi connectivity index (χ1) is 12.7. The maximum atomic E-state index is 11.9. The molecule has 0 aromatic heterocycles. The summed E-state index contributed by atoms with van der Waals surface area (Å²) in [6, 6.07) is 20.4. The minimum absolute atomic E-state index is 0.0342. The van der Waals surface area contributed by atoms with Crippen LogP contribution in [0.2, 0.25) is 13.1 Å². The number of hydrogen-bond donors (Lipinski definition) is 0. The van der Waals surface area contributed by atoms with E-state index >= 15 is 0 Å². The van der Waals surface area contributed by atoms with Gasteiger partial charge in [0, 0.05) is 5.92 Å². The molecule has 0 unspecified atom stereocenters. The van der Waals surface area contributed by atoms with Gasteiger partial charge in [0.05, 0.1) is 24.2 Å². The quantitative estimate of drug-likeness (QED) is 0.564. The van der Waals surface area contributed by atoms with Crippen LogP contribution >= 0.6 is 0 Å². The molecule has 0 radical (unpaired) electrons. The molecule has 1 saturated heterocycles. The Morgan fingerprint density at radius 2 is 1.56 bits per heavy atom. The minimum atomic E-state index is -3.54.